The first-order valence-electron chi connectivity index (χ1n) is 5.58. The van der Waals surface area contributed by atoms with Crippen LogP contribution in [0.3, 0.4) is 0 Å². The van der Waals surface area contributed by atoms with Crippen LogP contribution in [-0.2, 0) is 0 Å². The molecule has 0 saturated carbocycles. The number of rotatable bonds is 3. The minimum absolute atomic E-state index is 0.196. The van der Waals surface area contributed by atoms with Crippen LogP contribution in [-0.4, -0.2) is 5.91 Å². The highest BCUT2D eigenvalue weighted by atomic mass is 16.1. The first kappa shape index (κ1) is 12.6. The van der Waals surface area contributed by atoms with E-state index in [1.807, 2.05) is 19.9 Å². The highest BCUT2D eigenvalue weighted by molar-refractivity contribution is 5.96. The molecule has 0 spiro atoms. The van der Waals surface area contributed by atoms with Crippen LogP contribution in [0, 0.1) is 0 Å². The topological polar surface area (TPSA) is 69.1 Å². The van der Waals surface area contributed by atoms with Gasteiger partial charge in [-0.25, -0.2) is 0 Å². The van der Waals surface area contributed by atoms with Gasteiger partial charge in [-0.3, -0.25) is 4.79 Å². The van der Waals surface area contributed by atoms with E-state index in [9.17, 15) is 4.79 Å². The van der Waals surface area contributed by atoms with Crippen LogP contribution in [0.1, 0.15) is 61.0 Å². The zero-order valence-corrected chi connectivity index (χ0v) is 10.4. The summed E-state index contributed by atoms with van der Waals surface area (Å²) in [5.74, 6) is 0.131. The van der Waals surface area contributed by atoms with Gasteiger partial charge in [-0.1, -0.05) is 33.8 Å². The number of amides is 1. The summed E-state index contributed by atoms with van der Waals surface area (Å²) in [6, 6.07) is 3.68. The summed E-state index contributed by atoms with van der Waals surface area (Å²) >= 11 is 0. The van der Waals surface area contributed by atoms with Crippen LogP contribution in [0.5, 0.6) is 0 Å². The summed E-state index contributed by atoms with van der Waals surface area (Å²) in [5, 5.41) is 0. The normalized spacial score (nSPS) is 11.1. The average Bonchev–Trinajstić information content (AvgIpc) is 2.15. The van der Waals surface area contributed by atoms with Crippen LogP contribution in [0.15, 0.2) is 12.1 Å². The molecule has 0 unspecified atom stereocenters. The SMILES string of the molecule is CC(C)c1ccc(C(N)=O)c(C(C)C)c1N. The molecule has 1 aromatic rings. The van der Waals surface area contributed by atoms with Gasteiger partial charge in [-0.05, 0) is 29.0 Å². The summed E-state index contributed by atoms with van der Waals surface area (Å²) in [4.78, 5) is 11.3. The first-order valence-corrected chi connectivity index (χ1v) is 5.58. The van der Waals surface area contributed by atoms with Gasteiger partial charge < -0.3 is 11.5 Å². The molecule has 1 aromatic carbocycles. The fourth-order valence-corrected chi connectivity index (χ4v) is 1.99. The van der Waals surface area contributed by atoms with Crippen molar-refractivity contribution in [2.24, 2.45) is 5.73 Å². The molecule has 3 nitrogen and oxygen atoms in total. The Balaban J connectivity index is 3.48. The third kappa shape index (κ3) is 2.18. The van der Waals surface area contributed by atoms with E-state index in [2.05, 4.69) is 13.8 Å². The molecule has 0 saturated heterocycles. The van der Waals surface area contributed by atoms with Crippen LogP contribution >= 0.6 is 0 Å². The molecule has 1 rings (SSSR count). The Morgan fingerprint density at radius 1 is 1.12 bits per heavy atom. The highest BCUT2D eigenvalue weighted by Gasteiger charge is 2.18. The van der Waals surface area contributed by atoms with Crippen molar-refractivity contribution in [2.45, 2.75) is 39.5 Å². The van der Waals surface area contributed by atoms with Crippen molar-refractivity contribution in [3.63, 3.8) is 0 Å². The molecule has 88 valence electrons. The molecule has 4 N–H and O–H groups in total. The fraction of sp³-hybridized carbons (Fsp3) is 0.462. The fourth-order valence-electron chi connectivity index (χ4n) is 1.99. The summed E-state index contributed by atoms with van der Waals surface area (Å²) in [7, 11) is 0. The lowest BCUT2D eigenvalue weighted by Gasteiger charge is -2.18. The highest BCUT2D eigenvalue weighted by Crippen LogP contribution is 2.32. The molecule has 0 atom stereocenters. The number of carbonyl (C=O) groups excluding carboxylic acids is 1. The summed E-state index contributed by atoms with van der Waals surface area (Å²) in [5.41, 5.74) is 14.7. The summed E-state index contributed by atoms with van der Waals surface area (Å²) in [6.07, 6.45) is 0. The third-order valence-corrected chi connectivity index (χ3v) is 2.79. The van der Waals surface area contributed by atoms with Crippen LogP contribution in [0.25, 0.3) is 0 Å². The second-order valence-electron chi connectivity index (χ2n) is 4.70. The van der Waals surface area contributed by atoms with Gasteiger partial charge in [-0.15, -0.1) is 0 Å². The Kier molecular flexibility index (Phi) is 3.58. The average molecular weight is 220 g/mol. The lowest BCUT2D eigenvalue weighted by molar-refractivity contribution is 0.0999. The molecule has 16 heavy (non-hydrogen) atoms. The minimum Gasteiger partial charge on any atom is -0.398 e. The largest absolute Gasteiger partial charge is 0.398 e. The maximum atomic E-state index is 11.3. The van der Waals surface area contributed by atoms with Crippen molar-refractivity contribution in [2.75, 3.05) is 5.73 Å². The van der Waals surface area contributed by atoms with Gasteiger partial charge in [0.05, 0.1) is 0 Å². The lowest BCUT2D eigenvalue weighted by Crippen LogP contribution is -2.17. The van der Waals surface area contributed by atoms with Gasteiger partial charge >= 0.3 is 0 Å². The first-order chi connectivity index (χ1) is 7.36. The van der Waals surface area contributed by atoms with Crippen molar-refractivity contribution in [3.8, 4) is 0 Å². The van der Waals surface area contributed by atoms with Gasteiger partial charge in [0.1, 0.15) is 0 Å². The van der Waals surface area contributed by atoms with Crippen LogP contribution in [0.4, 0.5) is 5.69 Å². The number of hydrogen-bond acceptors (Lipinski definition) is 2. The summed E-state index contributed by atoms with van der Waals surface area (Å²) < 4.78 is 0. The number of nitrogens with two attached hydrogens (primary N) is 2. The van der Waals surface area contributed by atoms with E-state index in [0.717, 1.165) is 11.1 Å². The predicted octanol–water partition coefficient (Wildman–Crippen LogP) is 2.61. The molecule has 0 heterocycles. The zero-order chi connectivity index (χ0) is 12.5. The van der Waals surface area contributed by atoms with E-state index in [1.54, 1.807) is 6.07 Å². The van der Waals surface area contributed by atoms with Gasteiger partial charge in [0.15, 0.2) is 0 Å². The zero-order valence-electron chi connectivity index (χ0n) is 10.4. The molecule has 0 aliphatic rings. The Morgan fingerprint density at radius 2 is 1.69 bits per heavy atom. The van der Waals surface area contributed by atoms with Gasteiger partial charge in [0.2, 0.25) is 5.91 Å². The standard InChI is InChI=1S/C13H20N2O/c1-7(2)9-5-6-10(13(15)16)11(8(3)4)12(9)14/h5-8H,14H2,1-4H3,(H2,15,16). The second-order valence-corrected chi connectivity index (χ2v) is 4.70. The number of nitrogen functional groups attached to an aromatic ring is 1. The minimum atomic E-state index is -0.411. The maximum Gasteiger partial charge on any atom is 0.249 e. The van der Waals surface area contributed by atoms with Crippen molar-refractivity contribution in [1.82, 2.24) is 0 Å². The van der Waals surface area contributed by atoms with E-state index in [1.165, 1.54) is 0 Å². The molecule has 0 fully saturated rings. The number of hydrogen-bond donors (Lipinski definition) is 2. The van der Waals surface area contributed by atoms with Crippen LogP contribution < -0.4 is 11.5 Å². The monoisotopic (exact) mass is 220 g/mol. The second kappa shape index (κ2) is 4.56. The Hall–Kier alpha value is -1.51. The molecule has 0 aliphatic carbocycles. The molecule has 0 bridgehead atoms. The maximum absolute atomic E-state index is 11.3. The van der Waals surface area contributed by atoms with E-state index in [-0.39, 0.29) is 5.92 Å². The van der Waals surface area contributed by atoms with Gasteiger partial charge in [0.25, 0.3) is 0 Å². The smallest absolute Gasteiger partial charge is 0.249 e. The third-order valence-electron chi connectivity index (χ3n) is 2.79. The summed E-state index contributed by atoms with van der Waals surface area (Å²) in [6.45, 7) is 8.20. The van der Waals surface area contributed by atoms with E-state index < -0.39 is 5.91 Å². The van der Waals surface area contributed by atoms with Crippen molar-refractivity contribution in [3.05, 3.63) is 28.8 Å². The Bertz CT molecular complexity index is 409. The van der Waals surface area contributed by atoms with Crippen molar-refractivity contribution in [1.29, 1.82) is 0 Å². The number of benzene rings is 1. The van der Waals surface area contributed by atoms with Gasteiger partial charge in [-0.2, -0.15) is 0 Å². The molecular formula is C13H20N2O. The number of carbonyl (C=O) groups is 1. The Morgan fingerprint density at radius 3 is 2.06 bits per heavy atom. The van der Waals surface area contributed by atoms with Crippen molar-refractivity contribution < 1.29 is 4.79 Å². The van der Waals surface area contributed by atoms with Crippen molar-refractivity contribution >= 4 is 11.6 Å². The molecule has 0 radical (unpaired) electrons. The molecular weight excluding hydrogens is 200 g/mol. The van der Waals surface area contributed by atoms with Crippen LogP contribution in [0.2, 0.25) is 0 Å². The van der Waals surface area contributed by atoms with E-state index in [4.69, 9.17) is 11.5 Å². The predicted molar refractivity (Wildman–Crippen MR) is 67.6 cm³/mol. The van der Waals surface area contributed by atoms with E-state index in [0.29, 0.717) is 17.2 Å². The molecule has 0 aliphatic heterocycles. The number of anilines is 1. The number of primary amides is 1. The van der Waals surface area contributed by atoms with E-state index >= 15 is 0 Å². The quantitative estimate of drug-likeness (QED) is 0.769. The molecule has 1 amide bonds. The molecule has 3 heteroatoms. The lowest BCUT2D eigenvalue weighted by atomic mass is 9.89. The Labute approximate surface area is 96.8 Å². The molecule has 0 aromatic heterocycles. The van der Waals surface area contributed by atoms with Gasteiger partial charge in [0, 0.05) is 11.3 Å².